The number of hydrogen-bond acceptors (Lipinski definition) is 4. The second-order valence-electron chi connectivity index (χ2n) is 4.35. The number of nitrogens with two attached hydrogens (primary N) is 1. The van der Waals surface area contributed by atoms with Gasteiger partial charge in [0.05, 0.1) is 0 Å². The third-order valence-corrected chi connectivity index (χ3v) is 4.30. The van der Waals surface area contributed by atoms with Crippen molar-refractivity contribution in [1.82, 2.24) is 9.55 Å². The van der Waals surface area contributed by atoms with Crippen molar-refractivity contribution >= 4 is 11.8 Å². The van der Waals surface area contributed by atoms with Gasteiger partial charge in [-0.15, -0.1) is 0 Å². The van der Waals surface area contributed by atoms with E-state index >= 15 is 0 Å². The molecule has 0 radical (unpaired) electrons. The Balaban J connectivity index is 2.19. The Morgan fingerprint density at radius 3 is 3.00 bits per heavy atom. The molecule has 1 aliphatic rings. The molecule has 1 unspecified atom stereocenters. The largest absolute Gasteiger partial charge is 0.328 e. The van der Waals surface area contributed by atoms with E-state index in [9.17, 15) is 9.59 Å². The molecule has 6 heteroatoms. The number of nitrogens with one attached hydrogen (secondary N) is 1. The standard InChI is InChI=1S/C11H17N3O2S/c12-4-9-6-14(11(16)13-10(9)15)5-8-2-1-3-17-7-8/h6,8H,1-5,7,12H2,(H,13,15,16). The lowest BCUT2D eigenvalue weighted by atomic mass is 10.1. The van der Waals surface area contributed by atoms with Crippen molar-refractivity contribution in [3.8, 4) is 0 Å². The molecule has 1 saturated heterocycles. The number of hydrogen-bond donors (Lipinski definition) is 2. The maximum atomic E-state index is 11.6. The summed E-state index contributed by atoms with van der Waals surface area (Å²) in [6.45, 7) is 0.838. The maximum Gasteiger partial charge on any atom is 0.328 e. The van der Waals surface area contributed by atoms with E-state index in [1.54, 1.807) is 10.8 Å². The minimum absolute atomic E-state index is 0.162. The lowest BCUT2D eigenvalue weighted by Gasteiger charge is -2.21. The average Bonchev–Trinajstić information content (AvgIpc) is 2.34. The average molecular weight is 255 g/mol. The zero-order valence-electron chi connectivity index (χ0n) is 9.65. The number of nitrogens with zero attached hydrogens (tertiary/aromatic N) is 1. The Hall–Kier alpha value is -1.01. The van der Waals surface area contributed by atoms with Crippen molar-refractivity contribution in [1.29, 1.82) is 0 Å². The van der Waals surface area contributed by atoms with Crippen LogP contribution in [0.1, 0.15) is 18.4 Å². The normalized spacial score (nSPS) is 20.4. The first-order valence-corrected chi connectivity index (χ1v) is 6.96. The van der Waals surface area contributed by atoms with Gasteiger partial charge in [-0.2, -0.15) is 11.8 Å². The summed E-state index contributed by atoms with van der Waals surface area (Å²) in [4.78, 5) is 25.3. The molecule has 0 amide bonds. The highest BCUT2D eigenvalue weighted by Gasteiger charge is 2.15. The number of H-pyrrole nitrogens is 1. The van der Waals surface area contributed by atoms with E-state index in [-0.39, 0.29) is 17.8 Å². The molecule has 1 fully saturated rings. The topological polar surface area (TPSA) is 80.9 Å². The van der Waals surface area contributed by atoms with Crippen LogP contribution in [0.15, 0.2) is 15.8 Å². The van der Waals surface area contributed by atoms with E-state index < -0.39 is 0 Å². The molecule has 2 heterocycles. The van der Waals surface area contributed by atoms with Crippen molar-refractivity contribution in [2.24, 2.45) is 11.7 Å². The molecule has 0 spiro atoms. The predicted octanol–water partition coefficient (Wildman–Crippen LogP) is 0.138. The van der Waals surface area contributed by atoms with Gasteiger partial charge in [0, 0.05) is 24.8 Å². The molecule has 3 N–H and O–H groups in total. The van der Waals surface area contributed by atoms with Crippen LogP contribution in [-0.4, -0.2) is 21.1 Å². The van der Waals surface area contributed by atoms with Crippen LogP contribution in [0.4, 0.5) is 0 Å². The van der Waals surface area contributed by atoms with Gasteiger partial charge in [0.25, 0.3) is 5.56 Å². The summed E-state index contributed by atoms with van der Waals surface area (Å²) < 4.78 is 1.58. The molecule has 5 nitrogen and oxygen atoms in total. The van der Waals surface area contributed by atoms with Gasteiger partial charge in [0.1, 0.15) is 0 Å². The van der Waals surface area contributed by atoms with E-state index in [0.717, 1.165) is 12.2 Å². The molecule has 1 aromatic heterocycles. The summed E-state index contributed by atoms with van der Waals surface area (Å²) in [6.07, 6.45) is 3.95. The zero-order valence-corrected chi connectivity index (χ0v) is 10.5. The van der Waals surface area contributed by atoms with Crippen LogP contribution in [0, 0.1) is 5.92 Å². The smallest absolute Gasteiger partial charge is 0.326 e. The highest BCUT2D eigenvalue weighted by atomic mass is 32.2. The second-order valence-corrected chi connectivity index (χ2v) is 5.50. The third kappa shape index (κ3) is 3.01. The van der Waals surface area contributed by atoms with Crippen LogP contribution in [0.2, 0.25) is 0 Å². The van der Waals surface area contributed by atoms with Crippen LogP contribution in [0.25, 0.3) is 0 Å². The highest BCUT2D eigenvalue weighted by Crippen LogP contribution is 2.23. The van der Waals surface area contributed by atoms with Crippen LogP contribution in [-0.2, 0) is 13.1 Å². The number of aromatic amines is 1. The Morgan fingerprint density at radius 1 is 1.53 bits per heavy atom. The van der Waals surface area contributed by atoms with Crippen molar-refractivity contribution in [2.75, 3.05) is 11.5 Å². The van der Waals surface area contributed by atoms with E-state index in [1.807, 2.05) is 11.8 Å². The Kier molecular flexibility index (Phi) is 4.06. The molecule has 1 atom stereocenters. The highest BCUT2D eigenvalue weighted by molar-refractivity contribution is 7.99. The van der Waals surface area contributed by atoms with Crippen molar-refractivity contribution in [3.05, 3.63) is 32.6 Å². The molecule has 94 valence electrons. The first-order valence-electron chi connectivity index (χ1n) is 5.81. The van der Waals surface area contributed by atoms with Crippen molar-refractivity contribution in [3.63, 3.8) is 0 Å². The molecule has 0 bridgehead atoms. The van der Waals surface area contributed by atoms with E-state index in [1.165, 1.54) is 12.2 Å². The van der Waals surface area contributed by atoms with Gasteiger partial charge in [-0.1, -0.05) is 0 Å². The quantitative estimate of drug-likeness (QED) is 0.805. The monoisotopic (exact) mass is 255 g/mol. The van der Waals surface area contributed by atoms with Gasteiger partial charge in [-0.25, -0.2) is 4.79 Å². The fraction of sp³-hybridized carbons (Fsp3) is 0.636. The molecule has 0 saturated carbocycles. The second kappa shape index (κ2) is 5.55. The third-order valence-electron chi connectivity index (χ3n) is 3.01. The van der Waals surface area contributed by atoms with Crippen LogP contribution < -0.4 is 17.0 Å². The van der Waals surface area contributed by atoms with Crippen LogP contribution in [0.5, 0.6) is 0 Å². The Morgan fingerprint density at radius 2 is 2.35 bits per heavy atom. The SMILES string of the molecule is NCc1cn(CC2CCCSC2)c(=O)[nH]c1=O. The molecular weight excluding hydrogens is 238 g/mol. The summed E-state index contributed by atoms with van der Waals surface area (Å²) in [5, 5.41) is 0. The number of thioether (sulfide) groups is 1. The number of aromatic nitrogens is 2. The molecule has 0 aromatic carbocycles. The molecule has 1 aromatic rings. The maximum absolute atomic E-state index is 11.6. The first-order chi connectivity index (χ1) is 8.20. The van der Waals surface area contributed by atoms with Gasteiger partial charge < -0.3 is 5.73 Å². The summed E-state index contributed by atoms with van der Waals surface area (Å²) in [5.41, 5.74) is 5.23. The van der Waals surface area contributed by atoms with E-state index in [4.69, 9.17) is 5.73 Å². The van der Waals surface area contributed by atoms with Gasteiger partial charge in [-0.05, 0) is 30.3 Å². The molecular formula is C11H17N3O2S. The Bertz CT molecular complexity index is 488. The fourth-order valence-electron chi connectivity index (χ4n) is 2.07. The van der Waals surface area contributed by atoms with Gasteiger partial charge in [0.15, 0.2) is 0 Å². The van der Waals surface area contributed by atoms with Crippen LogP contribution in [0.3, 0.4) is 0 Å². The lowest BCUT2D eigenvalue weighted by Crippen LogP contribution is -2.34. The minimum atomic E-state index is -0.369. The fourth-order valence-corrected chi connectivity index (χ4v) is 3.21. The number of rotatable bonds is 3. The summed E-state index contributed by atoms with van der Waals surface area (Å²) in [6, 6.07) is 0. The molecule has 0 aliphatic carbocycles. The molecule has 1 aliphatic heterocycles. The first kappa shape index (κ1) is 12.4. The minimum Gasteiger partial charge on any atom is -0.326 e. The summed E-state index contributed by atoms with van der Waals surface area (Å²) in [7, 11) is 0. The van der Waals surface area contributed by atoms with Crippen LogP contribution >= 0.6 is 11.8 Å². The molecule has 2 rings (SSSR count). The Labute approximate surface area is 103 Å². The summed E-state index contributed by atoms with van der Waals surface area (Å²) in [5.74, 6) is 2.82. The summed E-state index contributed by atoms with van der Waals surface area (Å²) >= 11 is 1.93. The zero-order chi connectivity index (χ0) is 12.3. The predicted molar refractivity (Wildman–Crippen MR) is 69.3 cm³/mol. The van der Waals surface area contributed by atoms with E-state index in [2.05, 4.69) is 4.98 Å². The van der Waals surface area contributed by atoms with E-state index in [0.29, 0.717) is 18.0 Å². The van der Waals surface area contributed by atoms with Gasteiger partial charge in [0.2, 0.25) is 0 Å². The van der Waals surface area contributed by atoms with Crippen molar-refractivity contribution in [2.45, 2.75) is 25.9 Å². The van der Waals surface area contributed by atoms with Crippen molar-refractivity contribution < 1.29 is 0 Å². The van der Waals surface area contributed by atoms with Gasteiger partial charge >= 0.3 is 5.69 Å². The lowest BCUT2D eigenvalue weighted by molar-refractivity contribution is 0.432. The molecule has 17 heavy (non-hydrogen) atoms. The van der Waals surface area contributed by atoms with Gasteiger partial charge in [-0.3, -0.25) is 14.3 Å².